The van der Waals surface area contributed by atoms with Gasteiger partial charge in [-0.15, -0.1) is 0 Å². The van der Waals surface area contributed by atoms with Crippen LogP contribution in [0.25, 0.3) is 22.0 Å². The molecule has 0 aromatic heterocycles. The Morgan fingerprint density at radius 1 is 0.933 bits per heavy atom. The number of carbonyl (C=O) groups excluding carboxylic acids is 1. The number of ketones is 1. The fourth-order valence-corrected chi connectivity index (χ4v) is 5.73. The zero-order chi connectivity index (χ0) is 33.7. The molecule has 0 N–H and O–H groups in total. The molecule has 0 atom stereocenters. The molecular weight excluding hydrogens is 574 g/mol. The Balaban J connectivity index is 0.000000370. The Bertz CT molecular complexity index is 1650. The molecule has 45 heavy (non-hydrogen) atoms. The number of aryl methyl sites for hydroxylation is 1. The van der Waals surface area contributed by atoms with Crippen LogP contribution >= 0.6 is 11.6 Å². The van der Waals surface area contributed by atoms with Gasteiger partial charge in [-0.1, -0.05) is 113 Å². The summed E-state index contributed by atoms with van der Waals surface area (Å²) < 4.78 is 0. The maximum atomic E-state index is 12.0. The van der Waals surface area contributed by atoms with E-state index >= 15 is 0 Å². The van der Waals surface area contributed by atoms with Crippen LogP contribution in [0.2, 0.25) is 5.02 Å². The summed E-state index contributed by atoms with van der Waals surface area (Å²) in [5.74, 6) is 0.0992. The van der Waals surface area contributed by atoms with E-state index in [1.807, 2.05) is 65.0 Å². The molecule has 1 aliphatic carbocycles. The van der Waals surface area contributed by atoms with Gasteiger partial charge in [0, 0.05) is 66.9 Å². The summed E-state index contributed by atoms with van der Waals surface area (Å²) in [6, 6.07) is 18.7. The zero-order valence-electron chi connectivity index (χ0n) is 28.9. The maximum absolute atomic E-state index is 12.0. The molecule has 1 aliphatic rings. The molecule has 0 amide bonds. The van der Waals surface area contributed by atoms with Gasteiger partial charge in [-0.25, -0.2) is 0 Å². The SMILES string of the molecule is C=C(c1ccc(C2=CC(=NC)/C(=C(\CC)C(C)=O)C=C2)c2ccccc12)N(C)C.CC.CCCC(=NC)c1c(C)cccc1Cl. The lowest BCUT2D eigenvalue weighted by Gasteiger charge is -2.20. The highest BCUT2D eigenvalue weighted by molar-refractivity contribution is 6.34. The van der Waals surface area contributed by atoms with Gasteiger partial charge >= 0.3 is 0 Å². The summed E-state index contributed by atoms with van der Waals surface area (Å²) in [5, 5.41) is 3.15. The van der Waals surface area contributed by atoms with E-state index in [0.29, 0.717) is 6.42 Å². The van der Waals surface area contributed by atoms with Crippen LogP contribution in [0.1, 0.15) is 76.1 Å². The van der Waals surface area contributed by atoms with Crippen LogP contribution in [-0.2, 0) is 4.79 Å². The number of Topliss-reactive ketones (excluding diaryl/α,β-unsaturated/α-hetero) is 1. The Morgan fingerprint density at radius 2 is 1.60 bits per heavy atom. The molecule has 0 heterocycles. The number of aliphatic imine (C=N–C) groups is 2. The van der Waals surface area contributed by atoms with E-state index in [-0.39, 0.29) is 5.78 Å². The number of carbonyl (C=O) groups is 1. The third-order valence-corrected chi connectivity index (χ3v) is 8.01. The monoisotopic (exact) mass is 623 g/mol. The molecule has 0 saturated carbocycles. The van der Waals surface area contributed by atoms with Crippen LogP contribution in [-0.4, -0.2) is 50.3 Å². The van der Waals surface area contributed by atoms with Crippen molar-refractivity contribution >= 4 is 50.9 Å². The molecule has 3 aromatic rings. The van der Waals surface area contributed by atoms with Crippen LogP contribution in [0.4, 0.5) is 0 Å². The molecule has 0 bridgehead atoms. The number of rotatable bonds is 8. The van der Waals surface area contributed by atoms with Crippen LogP contribution in [0.3, 0.4) is 0 Å². The van der Waals surface area contributed by atoms with Crippen molar-refractivity contribution in [2.24, 2.45) is 9.98 Å². The van der Waals surface area contributed by atoms with Crippen molar-refractivity contribution in [3.8, 4) is 0 Å². The summed E-state index contributed by atoms with van der Waals surface area (Å²) in [6.07, 6.45) is 8.97. The molecular formula is C40H50ClN3O. The summed E-state index contributed by atoms with van der Waals surface area (Å²) in [5.41, 5.74) is 10.4. The van der Waals surface area contributed by atoms with Gasteiger partial charge in [-0.2, -0.15) is 0 Å². The van der Waals surface area contributed by atoms with E-state index in [9.17, 15) is 4.79 Å². The van der Waals surface area contributed by atoms with E-state index in [4.69, 9.17) is 11.6 Å². The van der Waals surface area contributed by atoms with E-state index in [1.165, 1.54) is 16.3 Å². The molecule has 5 heteroatoms. The topological polar surface area (TPSA) is 45.0 Å². The van der Waals surface area contributed by atoms with Crippen molar-refractivity contribution in [1.82, 2.24) is 4.90 Å². The van der Waals surface area contributed by atoms with E-state index < -0.39 is 0 Å². The number of hydrogen-bond acceptors (Lipinski definition) is 4. The van der Waals surface area contributed by atoms with Crippen molar-refractivity contribution in [3.63, 3.8) is 0 Å². The number of benzene rings is 3. The lowest BCUT2D eigenvalue weighted by atomic mass is 9.87. The molecule has 4 nitrogen and oxygen atoms in total. The summed E-state index contributed by atoms with van der Waals surface area (Å²) in [4.78, 5) is 22.8. The number of nitrogens with zero attached hydrogens (tertiary/aromatic N) is 3. The third kappa shape index (κ3) is 9.02. The number of fused-ring (bicyclic) bond motifs is 1. The minimum atomic E-state index is 0.0992. The lowest BCUT2D eigenvalue weighted by Crippen LogP contribution is -2.11. The van der Waals surface area contributed by atoms with E-state index in [0.717, 1.165) is 68.4 Å². The van der Waals surface area contributed by atoms with Crippen LogP contribution < -0.4 is 0 Å². The molecule has 238 valence electrons. The summed E-state index contributed by atoms with van der Waals surface area (Å²) in [6.45, 7) is 16.1. The third-order valence-electron chi connectivity index (χ3n) is 7.70. The van der Waals surface area contributed by atoms with Crippen LogP contribution in [0, 0.1) is 6.92 Å². The molecule has 0 fully saturated rings. The number of halogens is 1. The van der Waals surface area contributed by atoms with Gasteiger partial charge in [0.05, 0.1) is 5.71 Å². The normalized spacial score (nSPS) is 14.6. The Morgan fingerprint density at radius 3 is 2.13 bits per heavy atom. The second kappa shape index (κ2) is 18.1. The van der Waals surface area contributed by atoms with Gasteiger partial charge in [0.1, 0.15) is 0 Å². The smallest absolute Gasteiger partial charge is 0.156 e. The van der Waals surface area contributed by atoms with E-state index in [1.54, 1.807) is 14.0 Å². The van der Waals surface area contributed by atoms with Crippen LogP contribution in [0.15, 0.2) is 101 Å². The first-order valence-electron chi connectivity index (χ1n) is 15.8. The first-order valence-corrected chi connectivity index (χ1v) is 16.2. The Hall–Kier alpha value is -4.02. The minimum absolute atomic E-state index is 0.0992. The molecule has 0 radical (unpaired) electrons. The fraction of sp³-hybridized carbons (Fsp3) is 0.325. The van der Waals surface area contributed by atoms with Crippen molar-refractivity contribution in [2.45, 2.75) is 60.8 Å². The second-order valence-corrected chi connectivity index (χ2v) is 11.2. The molecule has 0 spiro atoms. The van der Waals surface area contributed by atoms with Gasteiger partial charge in [-0.05, 0) is 66.3 Å². The fourth-order valence-electron chi connectivity index (χ4n) is 5.39. The summed E-state index contributed by atoms with van der Waals surface area (Å²) in [7, 11) is 7.62. The first-order chi connectivity index (χ1) is 21.6. The Labute approximate surface area is 276 Å². The largest absolute Gasteiger partial charge is 0.378 e. The van der Waals surface area contributed by atoms with Crippen LogP contribution in [0.5, 0.6) is 0 Å². The highest BCUT2D eigenvalue weighted by Gasteiger charge is 2.18. The van der Waals surface area contributed by atoms with Gasteiger partial charge in [0.2, 0.25) is 0 Å². The second-order valence-electron chi connectivity index (χ2n) is 10.7. The van der Waals surface area contributed by atoms with Crippen molar-refractivity contribution < 1.29 is 4.79 Å². The highest BCUT2D eigenvalue weighted by Crippen LogP contribution is 2.34. The van der Waals surface area contributed by atoms with Gasteiger partial charge in [-0.3, -0.25) is 14.8 Å². The predicted octanol–water partition coefficient (Wildman–Crippen LogP) is 10.6. The zero-order valence-corrected chi connectivity index (χ0v) is 29.6. The molecule has 0 unspecified atom stereocenters. The first kappa shape index (κ1) is 37.2. The molecule has 4 rings (SSSR count). The molecule has 3 aromatic carbocycles. The van der Waals surface area contributed by atoms with Crippen molar-refractivity contribution in [3.05, 3.63) is 118 Å². The Kier molecular flexibility index (Phi) is 14.9. The summed E-state index contributed by atoms with van der Waals surface area (Å²) >= 11 is 6.16. The van der Waals surface area contributed by atoms with E-state index in [2.05, 4.69) is 85.0 Å². The van der Waals surface area contributed by atoms with Crippen molar-refractivity contribution in [1.29, 1.82) is 0 Å². The van der Waals surface area contributed by atoms with Gasteiger partial charge < -0.3 is 4.90 Å². The van der Waals surface area contributed by atoms with Gasteiger partial charge in [0.25, 0.3) is 0 Å². The molecule has 0 saturated heterocycles. The standard InChI is InChI=1S/C26H28N2O.C12H16ClN.C2H6/c1-7-20(18(3)29)25-13-12-19(16-26(25)27-4)22-15-14-21(17(2)28(5)6)23-10-8-9-11-24(22)23;1-4-6-11(14-3)12-9(2)7-5-8-10(12)13;1-2/h8-16H,2,7H2,1,3-6H3;5,7-8H,4,6H2,1-3H3;1-2H3/b25-20+,27-26?;;. The van der Waals surface area contributed by atoms with Crippen molar-refractivity contribution in [2.75, 3.05) is 28.2 Å². The average Bonchev–Trinajstić information content (AvgIpc) is 3.05. The molecule has 0 aliphatic heterocycles. The predicted molar refractivity (Wildman–Crippen MR) is 200 cm³/mol. The van der Waals surface area contributed by atoms with Gasteiger partial charge in [0.15, 0.2) is 5.78 Å². The number of hydrogen-bond donors (Lipinski definition) is 0. The maximum Gasteiger partial charge on any atom is 0.156 e. The minimum Gasteiger partial charge on any atom is -0.378 e. The quantitative estimate of drug-likeness (QED) is 0.185. The average molecular weight is 624 g/mol. The highest BCUT2D eigenvalue weighted by atomic mass is 35.5. The number of allylic oxidation sites excluding steroid dienone is 6. The lowest BCUT2D eigenvalue weighted by molar-refractivity contribution is -0.113.